The predicted molar refractivity (Wildman–Crippen MR) is 64.3 cm³/mol. The molecular formula is C10H16ClN3O. The van der Waals surface area contributed by atoms with Crippen molar-refractivity contribution in [3.63, 3.8) is 0 Å². The van der Waals surface area contributed by atoms with E-state index in [1.807, 2.05) is 24.3 Å². The maximum atomic E-state index is 11.3. The van der Waals surface area contributed by atoms with Gasteiger partial charge in [0, 0.05) is 26.3 Å². The fraction of sp³-hybridized carbons (Fsp3) is 0.300. The smallest absolute Gasteiger partial charge is 0.321 e. The van der Waals surface area contributed by atoms with E-state index in [2.05, 4.69) is 5.32 Å². The van der Waals surface area contributed by atoms with E-state index in [1.54, 1.807) is 14.1 Å². The number of hydrogen-bond donors (Lipinski definition) is 2. The second-order valence-electron chi connectivity index (χ2n) is 3.23. The van der Waals surface area contributed by atoms with Crippen molar-refractivity contribution in [1.29, 1.82) is 0 Å². The fourth-order valence-corrected chi connectivity index (χ4v) is 0.959. The molecule has 0 bridgehead atoms. The minimum atomic E-state index is -0.134. The molecule has 0 fully saturated rings. The highest BCUT2D eigenvalue weighted by molar-refractivity contribution is 5.88. The number of nitrogens with two attached hydrogens (primary N) is 1. The summed E-state index contributed by atoms with van der Waals surface area (Å²) in [5.74, 6) is 0. The number of nitrogens with zero attached hydrogens (tertiary/aromatic N) is 1. The van der Waals surface area contributed by atoms with Crippen LogP contribution in [0.15, 0.2) is 24.3 Å². The minimum absolute atomic E-state index is 0. The molecule has 0 spiro atoms. The zero-order valence-electron chi connectivity index (χ0n) is 8.86. The van der Waals surface area contributed by atoms with Crippen molar-refractivity contribution in [3.8, 4) is 0 Å². The number of halogens is 1. The topological polar surface area (TPSA) is 58.4 Å². The SMILES string of the molecule is CN(C)C(=O)Nc1ccc(CN)cc1.Cl. The van der Waals surface area contributed by atoms with Crippen molar-refractivity contribution in [2.75, 3.05) is 19.4 Å². The van der Waals surface area contributed by atoms with E-state index in [-0.39, 0.29) is 18.4 Å². The first-order valence-electron chi connectivity index (χ1n) is 4.41. The Morgan fingerprint density at radius 3 is 2.27 bits per heavy atom. The molecule has 15 heavy (non-hydrogen) atoms. The molecule has 0 saturated heterocycles. The molecule has 2 amide bonds. The summed E-state index contributed by atoms with van der Waals surface area (Å²) in [7, 11) is 3.40. The van der Waals surface area contributed by atoms with E-state index >= 15 is 0 Å². The molecule has 5 heteroatoms. The van der Waals surface area contributed by atoms with Gasteiger partial charge in [-0.2, -0.15) is 0 Å². The Labute approximate surface area is 95.9 Å². The van der Waals surface area contributed by atoms with Crippen LogP contribution in [-0.2, 0) is 6.54 Å². The van der Waals surface area contributed by atoms with Gasteiger partial charge in [0.2, 0.25) is 0 Å². The summed E-state index contributed by atoms with van der Waals surface area (Å²) < 4.78 is 0. The van der Waals surface area contributed by atoms with Crippen LogP contribution < -0.4 is 11.1 Å². The number of nitrogens with one attached hydrogen (secondary N) is 1. The first-order valence-corrected chi connectivity index (χ1v) is 4.41. The van der Waals surface area contributed by atoms with Gasteiger partial charge in [-0.05, 0) is 17.7 Å². The van der Waals surface area contributed by atoms with Crippen molar-refractivity contribution >= 4 is 24.1 Å². The van der Waals surface area contributed by atoms with Gasteiger partial charge >= 0.3 is 6.03 Å². The van der Waals surface area contributed by atoms with E-state index in [0.717, 1.165) is 11.3 Å². The number of rotatable bonds is 2. The number of benzene rings is 1. The second kappa shape index (κ2) is 6.27. The van der Waals surface area contributed by atoms with Crippen LogP contribution in [0.3, 0.4) is 0 Å². The number of anilines is 1. The highest BCUT2D eigenvalue weighted by atomic mass is 35.5. The first-order chi connectivity index (χ1) is 6.63. The molecule has 0 unspecified atom stereocenters. The largest absolute Gasteiger partial charge is 0.331 e. The maximum absolute atomic E-state index is 11.3. The van der Waals surface area contributed by atoms with Crippen LogP contribution in [0.1, 0.15) is 5.56 Å². The minimum Gasteiger partial charge on any atom is -0.331 e. The lowest BCUT2D eigenvalue weighted by atomic mass is 10.2. The standard InChI is InChI=1S/C10H15N3O.ClH/c1-13(2)10(14)12-9-5-3-8(7-11)4-6-9;/h3-6H,7,11H2,1-2H3,(H,12,14);1H. The molecule has 3 N–H and O–H groups in total. The second-order valence-corrected chi connectivity index (χ2v) is 3.23. The number of hydrogen-bond acceptors (Lipinski definition) is 2. The summed E-state index contributed by atoms with van der Waals surface area (Å²) in [6.45, 7) is 0.516. The molecule has 1 aromatic carbocycles. The number of carbonyl (C=O) groups excluding carboxylic acids is 1. The third-order valence-corrected chi connectivity index (χ3v) is 1.85. The quantitative estimate of drug-likeness (QED) is 0.811. The zero-order chi connectivity index (χ0) is 10.6. The van der Waals surface area contributed by atoms with Gasteiger partial charge < -0.3 is 16.0 Å². The Morgan fingerprint density at radius 1 is 1.33 bits per heavy atom. The average molecular weight is 230 g/mol. The van der Waals surface area contributed by atoms with Crippen LogP contribution >= 0.6 is 12.4 Å². The predicted octanol–water partition coefficient (Wildman–Crippen LogP) is 1.66. The summed E-state index contributed by atoms with van der Waals surface area (Å²) in [5.41, 5.74) is 7.28. The van der Waals surface area contributed by atoms with E-state index in [0.29, 0.717) is 6.54 Å². The lowest BCUT2D eigenvalue weighted by molar-refractivity contribution is 0.230. The van der Waals surface area contributed by atoms with Gasteiger partial charge in [-0.3, -0.25) is 0 Å². The number of amides is 2. The average Bonchev–Trinajstić information content (AvgIpc) is 2.19. The van der Waals surface area contributed by atoms with Crippen LogP contribution in [0, 0.1) is 0 Å². The van der Waals surface area contributed by atoms with Gasteiger partial charge in [0.15, 0.2) is 0 Å². The molecule has 0 aliphatic heterocycles. The highest BCUT2D eigenvalue weighted by Crippen LogP contribution is 2.09. The van der Waals surface area contributed by atoms with Crippen molar-refractivity contribution in [2.45, 2.75) is 6.54 Å². The lowest BCUT2D eigenvalue weighted by Gasteiger charge is -2.11. The summed E-state index contributed by atoms with van der Waals surface area (Å²) in [6, 6.07) is 7.33. The molecular weight excluding hydrogens is 214 g/mol. The molecule has 1 aromatic rings. The number of urea groups is 1. The molecule has 1 rings (SSSR count). The maximum Gasteiger partial charge on any atom is 0.321 e. The Morgan fingerprint density at radius 2 is 1.87 bits per heavy atom. The van der Waals surface area contributed by atoms with Gasteiger partial charge in [-0.15, -0.1) is 12.4 Å². The van der Waals surface area contributed by atoms with Crippen LogP contribution in [0.25, 0.3) is 0 Å². The van der Waals surface area contributed by atoms with Crippen LogP contribution in [0.5, 0.6) is 0 Å². The summed E-state index contributed by atoms with van der Waals surface area (Å²) in [6.07, 6.45) is 0. The highest BCUT2D eigenvalue weighted by Gasteiger charge is 2.02. The fourth-order valence-electron chi connectivity index (χ4n) is 0.959. The van der Waals surface area contributed by atoms with Gasteiger partial charge in [0.1, 0.15) is 0 Å². The third-order valence-electron chi connectivity index (χ3n) is 1.85. The van der Waals surface area contributed by atoms with Gasteiger partial charge in [-0.25, -0.2) is 4.79 Å². The van der Waals surface area contributed by atoms with Crippen molar-refractivity contribution < 1.29 is 4.79 Å². The van der Waals surface area contributed by atoms with E-state index in [1.165, 1.54) is 4.90 Å². The lowest BCUT2D eigenvalue weighted by Crippen LogP contribution is -2.27. The Bertz CT molecular complexity index is 311. The van der Waals surface area contributed by atoms with Crippen molar-refractivity contribution in [1.82, 2.24) is 4.90 Å². The molecule has 0 radical (unpaired) electrons. The summed E-state index contributed by atoms with van der Waals surface area (Å²) in [4.78, 5) is 12.7. The molecule has 0 aliphatic carbocycles. The molecule has 0 aliphatic rings. The molecule has 0 saturated carbocycles. The van der Waals surface area contributed by atoms with E-state index in [4.69, 9.17) is 5.73 Å². The Balaban J connectivity index is 0.00000196. The van der Waals surface area contributed by atoms with Crippen LogP contribution in [-0.4, -0.2) is 25.0 Å². The van der Waals surface area contributed by atoms with E-state index in [9.17, 15) is 4.79 Å². The Hall–Kier alpha value is -1.26. The normalized spacial score (nSPS) is 9.00. The molecule has 0 atom stereocenters. The molecule has 4 nitrogen and oxygen atoms in total. The zero-order valence-corrected chi connectivity index (χ0v) is 9.67. The first kappa shape index (κ1) is 13.7. The van der Waals surface area contributed by atoms with Crippen molar-refractivity contribution in [3.05, 3.63) is 29.8 Å². The monoisotopic (exact) mass is 229 g/mol. The van der Waals surface area contributed by atoms with Crippen LogP contribution in [0.4, 0.5) is 10.5 Å². The summed E-state index contributed by atoms with van der Waals surface area (Å²) in [5, 5.41) is 2.74. The Kier molecular flexibility index (Phi) is 5.74. The molecule has 0 heterocycles. The van der Waals surface area contributed by atoms with E-state index < -0.39 is 0 Å². The summed E-state index contributed by atoms with van der Waals surface area (Å²) >= 11 is 0. The molecule has 84 valence electrons. The number of carbonyl (C=O) groups is 1. The van der Waals surface area contributed by atoms with Gasteiger partial charge in [0.05, 0.1) is 0 Å². The third kappa shape index (κ3) is 4.18. The molecule has 0 aromatic heterocycles. The van der Waals surface area contributed by atoms with Crippen molar-refractivity contribution in [2.24, 2.45) is 5.73 Å². The van der Waals surface area contributed by atoms with Gasteiger partial charge in [-0.1, -0.05) is 12.1 Å². The van der Waals surface area contributed by atoms with Crippen LogP contribution in [0.2, 0.25) is 0 Å². The van der Waals surface area contributed by atoms with Gasteiger partial charge in [0.25, 0.3) is 0 Å².